The van der Waals surface area contributed by atoms with E-state index in [9.17, 15) is 8.42 Å². The van der Waals surface area contributed by atoms with Crippen LogP contribution in [0.15, 0.2) is 29.2 Å². The van der Waals surface area contributed by atoms with Crippen molar-refractivity contribution in [3.8, 4) is 0 Å². The van der Waals surface area contributed by atoms with Crippen molar-refractivity contribution in [2.24, 2.45) is 5.73 Å². The van der Waals surface area contributed by atoms with Gasteiger partial charge in [-0.3, -0.25) is 0 Å². The van der Waals surface area contributed by atoms with E-state index in [0.717, 1.165) is 24.8 Å². The van der Waals surface area contributed by atoms with Crippen LogP contribution in [-0.4, -0.2) is 26.3 Å². The number of nitrogens with zero attached hydrogens (tertiary/aromatic N) is 1. The first-order valence-electron chi connectivity index (χ1n) is 6.71. The Balaban J connectivity index is 2.90. The minimum absolute atomic E-state index is 0.166. The molecule has 0 aliphatic carbocycles. The van der Waals surface area contributed by atoms with Gasteiger partial charge in [-0.1, -0.05) is 31.9 Å². The Hall–Kier alpha value is -0.910. The maximum Gasteiger partial charge on any atom is 0.242 e. The van der Waals surface area contributed by atoms with Crippen molar-refractivity contribution < 1.29 is 8.42 Å². The number of hydrogen-bond donors (Lipinski definition) is 1. The maximum atomic E-state index is 12.4. The highest BCUT2D eigenvalue weighted by Crippen LogP contribution is 2.19. The van der Waals surface area contributed by atoms with E-state index in [-0.39, 0.29) is 6.04 Å². The lowest BCUT2D eigenvalue weighted by Crippen LogP contribution is -2.28. The molecule has 1 unspecified atom stereocenters. The molecule has 0 saturated carbocycles. The number of benzene rings is 1. The van der Waals surface area contributed by atoms with Crippen molar-refractivity contribution in [2.75, 3.05) is 13.6 Å². The molecule has 0 spiro atoms. The summed E-state index contributed by atoms with van der Waals surface area (Å²) in [5, 5.41) is 0. The maximum absolute atomic E-state index is 12.4. The van der Waals surface area contributed by atoms with Crippen LogP contribution in [0.5, 0.6) is 0 Å². The Labute approximate surface area is 116 Å². The third-order valence-electron chi connectivity index (χ3n) is 3.17. The van der Waals surface area contributed by atoms with Crippen LogP contribution in [0, 0.1) is 0 Å². The highest BCUT2D eigenvalue weighted by Gasteiger charge is 2.20. The highest BCUT2D eigenvalue weighted by molar-refractivity contribution is 7.89. The Morgan fingerprint density at radius 3 is 2.58 bits per heavy atom. The number of rotatable bonds is 7. The van der Waals surface area contributed by atoms with Crippen molar-refractivity contribution in [1.82, 2.24) is 4.31 Å². The molecule has 2 N–H and O–H groups in total. The topological polar surface area (TPSA) is 63.4 Å². The van der Waals surface area contributed by atoms with Crippen LogP contribution in [-0.2, 0) is 10.0 Å². The van der Waals surface area contributed by atoms with Gasteiger partial charge in [0.2, 0.25) is 10.0 Å². The molecule has 108 valence electrons. The summed E-state index contributed by atoms with van der Waals surface area (Å²) in [5.74, 6) is 0. The summed E-state index contributed by atoms with van der Waals surface area (Å²) in [6, 6.07) is 6.71. The van der Waals surface area contributed by atoms with E-state index in [1.54, 1.807) is 25.2 Å². The number of unbranched alkanes of at least 4 members (excludes halogenated alkanes) is 2. The van der Waals surface area contributed by atoms with Crippen molar-refractivity contribution in [3.63, 3.8) is 0 Å². The van der Waals surface area contributed by atoms with Gasteiger partial charge in [-0.05, 0) is 31.0 Å². The van der Waals surface area contributed by atoms with Crippen LogP contribution >= 0.6 is 0 Å². The van der Waals surface area contributed by atoms with Crippen molar-refractivity contribution >= 4 is 10.0 Å². The second kappa shape index (κ2) is 7.03. The second-order valence-electron chi connectivity index (χ2n) is 4.89. The molecule has 0 aliphatic rings. The van der Waals surface area contributed by atoms with Gasteiger partial charge in [0, 0.05) is 19.6 Å². The van der Waals surface area contributed by atoms with Gasteiger partial charge in [0.05, 0.1) is 4.90 Å². The molecule has 0 saturated heterocycles. The number of hydrogen-bond acceptors (Lipinski definition) is 3. The average molecular weight is 284 g/mol. The van der Waals surface area contributed by atoms with Gasteiger partial charge in [-0.2, -0.15) is 0 Å². The van der Waals surface area contributed by atoms with Crippen molar-refractivity contribution in [1.29, 1.82) is 0 Å². The molecule has 1 atom stereocenters. The van der Waals surface area contributed by atoms with E-state index in [2.05, 4.69) is 6.92 Å². The molecule has 0 heterocycles. The zero-order chi connectivity index (χ0) is 14.5. The lowest BCUT2D eigenvalue weighted by Gasteiger charge is -2.18. The molecule has 19 heavy (non-hydrogen) atoms. The first-order valence-corrected chi connectivity index (χ1v) is 8.15. The average Bonchev–Trinajstić information content (AvgIpc) is 2.39. The van der Waals surface area contributed by atoms with Crippen LogP contribution in [0.2, 0.25) is 0 Å². The molecule has 0 fully saturated rings. The highest BCUT2D eigenvalue weighted by atomic mass is 32.2. The largest absolute Gasteiger partial charge is 0.324 e. The van der Waals surface area contributed by atoms with Crippen LogP contribution in [0.1, 0.15) is 44.7 Å². The standard InChI is InChI=1S/C14H24N2O2S/c1-4-5-6-10-16(3)19(17,18)14-9-7-8-13(11-14)12(2)15/h7-9,11-12H,4-6,10,15H2,1-3H3. The van der Waals surface area contributed by atoms with Gasteiger partial charge in [0.15, 0.2) is 0 Å². The van der Waals surface area contributed by atoms with Crippen molar-refractivity contribution in [2.45, 2.75) is 44.0 Å². The van der Waals surface area contributed by atoms with Gasteiger partial charge in [-0.25, -0.2) is 12.7 Å². The van der Waals surface area contributed by atoms with Gasteiger partial charge >= 0.3 is 0 Å². The van der Waals surface area contributed by atoms with Crippen LogP contribution < -0.4 is 5.73 Å². The third-order valence-corrected chi connectivity index (χ3v) is 5.02. The molecule has 0 aliphatic heterocycles. The SMILES string of the molecule is CCCCCN(C)S(=O)(=O)c1cccc(C(C)N)c1. The minimum atomic E-state index is -3.40. The summed E-state index contributed by atoms with van der Waals surface area (Å²) in [6.07, 6.45) is 3.01. The molecule has 1 rings (SSSR count). The predicted octanol–water partition coefficient (Wildman–Crippen LogP) is 2.52. The lowest BCUT2D eigenvalue weighted by atomic mass is 10.1. The van der Waals surface area contributed by atoms with E-state index in [0.29, 0.717) is 11.4 Å². The van der Waals surface area contributed by atoms with Gasteiger partial charge < -0.3 is 5.73 Å². The third kappa shape index (κ3) is 4.30. The summed E-state index contributed by atoms with van der Waals surface area (Å²) in [5.41, 5.74) is 6.63. The molecular weight excluding hydrogens is 260 g/mol. The van der Waals surface area contributed by atoms with Gasteiger partial charge in [0.25, 0.3) is 0 Å². The predicted molar refractivity (Wildman–Crippen MR) is 78.4 cm³/mol. The molecule has 5 heteroatoms. The Bertz CT molecular complexity index is 498. The molecule has 0 bridgehead atoms. The van der Waals surface area contributed by atoms with E-state index in [1.807, 2.05) is 13.0 Å². The van der Waals surface area contributed by atoms with Crippen LogP contribution in [0.4, 0.5) is 0 Å². The molecule has 0 radical (unpaired) electrons. The second-order valence-corrected chi connectivity index (χ2v) is 6.94. The Morgan fingerprint density at radius 1 is 1.32 bits per heavy atom. The zero-order valence-corrected chi connectivity index (χ0v) is 12.8. The summed E-state index contributed by atoms with van der Waals surface area (Å²) in [6.45, 7) is 4.50. The molecule has 1 aromatic rings. The number of nitrogens with two attached hydrogens (primary N) is 1. The van der Waals surface area contributed by atoms with Gasteiger partial charge in [-0.15, -0.1) is 0 Å². The van der Waals surface area contributed by atoms with Crippen LogP contribution in [0.3, 0.4) is 0 Å². The fourth-order valence-electron chi connectivity index (χ4n) is 1.84. The lowest BCUT2D eigenvalue weighted by molar-refractivity contribution is 0.454. The van der Waals surface area contributed by atoms with Gasteiger partial charge in [0.1, 0.15) is 0 Å². The molecule has 4 nitrogen and oxygen atoms in total. The molecule has 1 aromatic carbocycles. The van der Waals surface area contributed by atoms with E-state index in [4.69, 9.17) is 5.73 Å². The first kappa shape index (κ1) is 16.1. The summed E-state index contributed by atoms with van der Waals surface area (Å²) >= 11 is 0. The monoisotopic (exact) mass is 284 g/mol. The van der Waals surface area contributed by atoms with Crippen molar-refractivity contribution in [3.05, 3.63) is 29.8 Å². The summed E-state index contributed by atoms with van der Waals surface area (Å²) in [4.78, 5) is 0.321. The molecule has 0 aromatic heterocycles. The molecule has 0 amide bonds. The zero-order valence-electron chi connectivity index (χ0n) is 12.0. The fourth-order valence-corrected chi connectivity index (χ4v) is 3.11. The summed E-state index contributed by atoms with van der Waals surface area (Å²) in [7, 11) is -1.77. The van der Waals surface area contributed by atoms with E-state index >= 15 is 0 Å². The number of sulfonamides is 1. The van der Waals surface area contributed by atoms with E-state index in [1.165, 1.54) is 4.31 Å². The molecular formula is C14H24N2O2S. The Morgan fingerprint density at radius 2 is 2.00 bits per heavy atom. The normalized spacial score (nSPS) is 13.7. The quantitative estimate of drug-likeness (QED) is 0.783. The first-order chi connectivity index (χ1) is 8.89. The fraction of sp³-hybridized carbons (Fsp3) is 0.571. The minimum Gasteiger partial charge on any atom is -0.324 e. The van der Waals surface area contributed by atoms with E-state index < -0.39 is 10.0 Å². The summed E-state index contributed by atoms with van der Waals surface area (Å²) < 4.78 is 26.2. The Kier molecular flexibility index (Phi) is 5.97. The smallest absolute Gasteiger partial charge is 0.242 e. The van der Waals surface area contributed by atoms with Crippen LogP contribution in [0.25, 0.3) is 0 Å².